The number of carbonyl (C=O) groups is 4. The molecule has 1 aromatic carbocycles. The first-order valence-corrected chi connectivity index (χ1v) is 29.3. The van der Waals surface area contributed by atoms with E-state index in [1.165, 1.54) is 12.4 Å². The van der Waals surface area contributed by atoms with Crippen LogP contribution >= 0.6 is 0 Å². The number of piperidine rings is 1. The molecule has 23 heteroatoms. The molecule has 0 unspecified atom stereocenters. The van der Waals surface area contributed by atoms with Gasteiger partial charge in [-0.05, 0) is 115 Å². The first kappa shape index (κ1) is 59.2. The van der Waals surface area contributed by atoms with Gasteiger partial charge in [0.1, 0.15) is 36.8 Å². The van der Waals surface area contributed by atoms with E-state index in [1.807, 2.05) is 25.1 Å². The van der Waals surface area contributed by atoms with Crippen molar-refractivity contribution in [3.8, 4) is 34.7 Å². The summed E-state index contributed by atoms with van der Waals surface area (Å²) in [5.41, 5.74) is 3.18. The highest BCUT2D eigenvalue weighted by Crippen LogP contribution is 2.45. The normalized spacial score (nSPS) is 17.4. The second-order valence-corrected chi connectivity index (χ2v) is 23.3. The first-order chi connectivity index (χ1) is 38.2. The molecule has 4 aromatic rings. The van der Waals surface area contributed by atoms with Gasteiger partial charge in [-0.2, -0.15) is 0 Å². The lowest BCUT2D eigenvalue weighted by Crippen LogP contribution is -2.56. The van der Waals surface area contributed by atoms with Gasteiger partial charge in [0, 0.05) is 66.7 Å². The maximum Gasteiger partial charge on any atom is 0.258 e. The Bertz CT molecular complexity index is 3220. The van der Waals surface area contributed by atoms with Crippen LogP contribution in [0.5, 0.6) is 11.5 Å². The second-order valence-electron chi connectivity index (χ2n) is 21.4. The number of amides is 4. The maximum atomic E-state index is 14.0. The van der Waals surface area contributed by atoms with E-state index in [9.17, 15) is 37.5 Å². The minimum Gasteiger partial charge on any atom is -0.490 e. The van der Waals surface area contributed by atoms with Crippen LogP contribution in [0.3, 0.4) is 0 Å². The van der Waals surface area contributed by atoms with Crippen molar-refractivity contribution in [2.45, 2.75) is 133 Å². The summed E-state index contributed by atoms with van der Waals surface area (Å²) in [4.78, 5) is 85.3. The number of hydrogen-bond donors (Lipinski definition) is 5. The number of ether oxygens (including phenoxy) is 4. The summed E-state index contributed by atoms with van der Waals surface area (Å²) < 4.78 is 48.0. The summed E-state index contributed by atoms with van der Waals surface area (Å²) in [5, 5.41) is 23.3. The van der Waals surface area contributed by atoms with Gasteiger partial charge < -0.3 is 59.7 Å². The van der Waals surface area contributed by atoms with Crippen molar-refractivity contribution in [2.24, 2.45) is 5.92 Å². The fourth-order valence-electron chi connectivity index (χ4n) is 10.6. The van der Waals surface area contributed by atoms with E-state index in [1.54, 1.807) is 18.4 Å². The van der Waals surface area contributed by atoms with E-state index < -0.39 is 45.2 Å². The van der Waals surface area contributed by atoms with Gasteiger partial charge >= 0.3 is 0 Å². The summed E-state index contributed by atoms with van der Waals surface area (Å²) in [6, 6.07) is 4.19. The zero-order chi connectivity index (χ0) is 57.3. The molecule has 1 saturated heterocycles. The van der Waals surface area contributed by atoms with Crippen LogP contribution in [0.15, 0.2) is 52.9 Å². The van der Waals surface area contributed by atoms with E-state index in [0.29, 0.717) is 89.7 Å². The topological polar surface area (TPSA) is 275 Å². The van der Waals surface area contributed by atoms with E-state index in [-0.39, 0.29) is 81.0 Å². The quantitative estimate of drug-likeness (QED) is 0.0257. The van der Waals surface area contributed by atoms with Crippen molar-refractivity contribution < 1.29 is 51.6 Å². The lowest BCUT2D eigenvalue weighted by atomic mass is 9.84. The number of unbranched alkanes of at least 4 members (excludes halogenated alkanes) is 2. The van der Waals surface area contributed by atoms with Gasteiger partial charge in [-0.1, -0.05) is 39.2 Å². The molecule has 4 aliphatic heterocycles. The predicted octanol–water partition coefficient (Wildman–Crippen LogP) is 3.17. The van der Waals surface area contributed by atoms with Gasteiger partial charge in [-0.15, -0.1) is 0 Å². The number of sulfone groups is 1. The molecule has 0 saturated carbocycles. The van der Waals surface area contributed by atoms with Crippen LogP contribution in [0.2, 0.25) is 0 Å². The summed E-state index contributed by atoms with van der Waals surface area (Å²) in [7, 11) is 0.667. The SMILES string of the molecule is C=C1OCc2c(cc3n(c2=O)Cc2c-3nc3cc4c(cc3c2CCCOCNC(=O)CNC(=O)[C@H](CCCCN2CCC(N(C)C)CC2)NC(=O)[C@@H](NC(=O)CCCC#Cc2cnc(S(C)(=O)=O)nc2)C(C)C)OCO4)[C@]1(O)CC. The third-order valence-corrected chi connectivity index (χ3v) is 16.2. The number of fused-ring (bicyclic) bond motifs is 6. The molecule has 0 aliphatic carbocycles. The molecule has 3 atom stereocenters. The lowest BCUT2D eigenvalue weighted by molar-refractivity contribution is -0.133. The number of likely N-dealkylation sites (tertiary alicyclic amines) is 1. The summed E-state index contributed by atoms with van der Waals surface area (Å²) in [5.74, 6) is 4.90. The highest BCUT2D eigenvalue weighted by atomic mass is 32.2. The van der Waals surface area contributed by atoms with Crippen LogP contribution < -0.4 is 36.3 Å². The number of pyridine rings is 2. The minimum absolute atomic E-state index is 0.00387. The average molecular weight is 1120 g/mol. The predicted molar refractivity (Wildman–Crippen MR) is 297 cm³/mol. The van der Waals surface area contributed by atoms with Gasteiger partial charge in [0.2, 0.25) is 45.4 Å². The number of aliphatic hydroxyl groups is 1. The van der Waals surface area contributed by atoms with Gasteiger partial charge in [-0.3, -0.25) is 24.0 Å². The molecule has 0 bridgehead atoms. The summed E-state index contributed by atoms with van der Waals surface area (Å²) in [6.07, 6.45) is 9.70. The number of aryl methyl sites for hydroxylation is 1. The number of nitrogens with one attached hydrogen (secondary N) is 4. The van der Waals surface area contributed by atoms with E-state index in [4.69, 9.17) is 23.9 Å². The number of rotatable bonds is 24. The molecule has 0 spiro atoms. The van der Waals surface area contributed by atoms with Crippen LogP contribution in [0, 0.1) is 17.8 Å². The standard InChI is InChI=1S/C57H74N10O12S/c1-8-57(73)36(4)77-32-42-43(57)26-46-52-41(31-67(46)55(42)72)39(40-25-47-48(79-34-78-47)27-45(40)62-52)16-14-24-76-33-61-50(69)30-58-53(70)44(17-12-13-21-66-22-19-38(20-23-66)65(5)6)63-54(71)51(35(2)3)64-49(68)18-11-9-10-15-37-28-59-56(60-29-37)80(7,74)75/h25-29,35,38,44,51,73H,4,8-9,11-14,16-24,30-34H2,1-3,5-7H3,(H,58,70)(H,61,69)(H,63,71)(H,64,68)/t44-,51-,57-/m0/s1. The molecule has 3 aromatic heterocycles. The Labute approximate surface area is 466 Å². The van der Waals surface area contributed by atoms with Gasteiger partial charge in [-0.25, -0.2) is 23.4 Å². The lowest BCUT2D eigenvalue weighted by Gasteiger charge is -2.35. The van der Waals surface area contributed by atoms with E-state index >= 15 is 0 Å². The Morgan fingerprint density at radius 1 is 0.963 bits per heavy atom. The maximum absolute atomic E-state index is 14.0. The Kier molecular flexibility index (Phi) is 19.3. The van der Waals surface area contributed by atoms with Gasteiger partial charge in [0.15, 0.2) is 11.5 Å². The van der Waals surface area contributed by atoms with Crippen molar-refractivity contribution in [1.29, 1.82) is 0 Å². The fraction of sp³-hybridized carbons (Fsp3) is 0.544. The van der Waals surface area contributed by atoms with Crippen molar-refractivity contribution in [2.75, 3.05) is 66.7 Å². The number of carbonyl (C=O) groups excluding carboxylic acids is 4. The molecule has 7 heterocycles. The zero-order valence-corrected chi connectivity index (χ0v) is 47.4. The highest BCUT2D eigenvalue weighted by Gasteiger charge is 2.42. The molecule has 430 valence electrons. The first-order valence-electron chi connectivity index (χ1n) is 27.4. The average Bonchev–Trinajstić information content (AvgIpc) is 4.20. The summed E-state index contributed by atoms with van der Waals surface area (Å²) in [6.45, 7) is 12.3. The third kappa shape index (κ3) is 13.9. The number of hydrogen-bond acceptors (Lipinski definition) is 17. The monoisotopic (exact) mass is 1120 g/mol. The molecule has 80 heavy (non-hydrogen) atoms. The third-order valence-electron chi connectivity index (χ3n) is 15.3. The van der Waals surface area contributed by atoms with Crippen LogP contribution in [-0.2, 0) is 63.7 Å². The largest absolute Gasteiger partial charge is 0.490 e. The Morgan fingerprint density at radius 3 is 2.40 bits per heavy atom. The van der Waals surface area contributed by atoms with Gasteiger partial charge in [0.25, 0.3) is 5.56 Å². The fourth-order valence-corrected chi connectivity index (χ4v) is 11.1. The number of benzene rings is 1. The molecule has 22 nitrogen and oxygen atoms in total. The van der Waals surface area contributed by atoms with Gasteiger partial charge in [0.05, 0.1) is 41.1 Å². The molecule has 1 fully saturated rings. The smallest absolute Gasteiger partial charge is 0.258 e. The molecule has 0 radical (unpaired) electrons. The Morgan fingerprint density at radius 2 is 1.70 bits per heavy atom. The number of aromatic nitrogens is 4. The minimum atomic E-state index is -3.54. The van der Waals surface area contributed by atoms with E-state index in [0.717, 1.165) is 61.7 Å². The Hall–Kier alpha value is -6.97. The van der Waals surface area contributed by atoms with Crippen LogP contribution in [-0.4, -0.2) is 151 Å². The molecule has 4 aliphatic rings. The van der Waals surface area contributed by atoms with Crippen molar-refractivity contribution >= 4 is 44.4 Å². The molecular formula is C57H74N10O12S. The van der Waals surface area contributed by atoms with Crippen molar-refractivity contribution in [3.05, 3.63) is 81.1 Å². The van der Waals surface area contributed by atoms with E-state index in [2.05, 4.69) is 73.6 Å². The van der Waals surface area contributed by atoms with Crippen LogP contribution in [0.25, 0.3) is 22.3 Å². The summed E-state index contributed by atoms with van der Waals surface area (Å²) >= 11 is 0. The zero-order valence-electron chi connectivity index (χ0n) is 46.6. The van der Waals surface area contributed by atoms with Crippen molar-refractivity contribution in [3.63, 3.8) is 0 Å². The second kappa shape index (κ2) is 26.1. The van der Waals surface area contributed by atoms with Crippen molar-refractivity contribution in [1.82, 2.24) is 50.6 Å². The molecular weight excluding hydrogens is 1050 g/mol. The Balaban J connectivity index is 0.841. The molecule has 4 amide bonds. The van der Waals surface area contributed by atoms with Crippen LogP contribution in [0.4, 0.5) is 0 Å². The molecule has 5 N–H and O–H groups in total. The highest BCUT2D eigenvalue weighted by molar-refractivity contribution is 7.90. The number of nitrogens with zero attached hydrogens (tertiary/aromatic N) is 6. The molecule has 8 rings (SSSR count). The van der Waals surface area contributed by atoms with Crippen LogP contribution in [0.1, 0.15) is 113 Å².